The van der Waals surface area contributed by atoms with Crippen molar-refractivity contribution in [1.29, 1.82) is 0 Å². The molecule has 0 saturated carbocycles. The van der Waals surface area contributed by atoms with Gasteiger partial charge in [-0.2, -0.15) is 0 Å². The predicted molar refractivity (Wildman–Crippen MR) is 59.5 cm³/mol. The monoisotopic (exact) mass is 226 g/mol. The maximum absolute atomic E-state index is 13.6. The van der Waals surface area contributed by atoms with Gasteiger partial charge >= 0.3 is 0 Å². The van der Waals surface area contributed by atoms with Crippen LogP contribution < -0.4 is 0 Å². The van der Waals surface area contributed by atoms with E-state index in [-0.39, 0.29) is 12.0 Å². The number of Topliss-reactive ketones (excluding diaryl/α,β-unsaturated/α-hetero) is 1. The third kappa shape index (κ3) is 2.87. The molecule has 0 saturated heterocycles. The Labute approximate surface area is 94.5 Å². The largest absolute Gasteiger partial charge is 0.294 e. The fourth-order valence-electron chi connectivity index (χ4n) is 1.46. The first-order valence-electron chi connectivity index (χ1n) is 5.41. The van der Waals surface area contributed by atoms with Crippen molar-refractivity contribution in [1.82, 2.24) is 0 Å². The zero-order chi connectivity index (χ0) is 12.3. The van der Waals surface area contributed by atoms with Crippen LogP contribution in [0.5, 0.6) is 0 Å². The lowest BCUT2D eigenvalue weighted by Gasteiger charge is -2.07. The Bertz CT molecular complexity index is 397. The summed E-state index contributed by atoms with van der Waals surface area (Å²) < 4.78 is 26.9. The van der Waals surface area contributed by atoms with Crippen molar-refractivity contribution in [3.8, 4) is 0 Å². The molecule has 0 N–H and O–H groups in total. The third-order valence-corrected chi connectivity index (χ3v) is 2.51. The number of halogens is 2. The van der Waals surface area contributed by atoms with Gasteiger partial charge in [-0.1, -0.05) is 19.9 Å². The smallest absolute Gasteiger partial charge is 0.168 e. The molecule has 1 rings (SSSR count). The van der Waals surface area contributed by atoms with Gasteiger partial charge < -0.3 is 0 Å². The highest BCUT2D eigenvalue weighted by Crippen LogP contribution is 2.19. The molecule has 0 fully saturated rings. The van der Waals surface area contributed by atoms with Gasteiger partial charge in [0.2, 0.25) is 0 Å². The average molecular weight is 226 g/mol. The molecular formula is C13H16F2O. The summed E-state index contributed by atoms with van der Waals surface area (Å²) in [5.41, 5.74) is -0.0880. The maximum atomic E-state index is 13.6. The summed E-state index contributed by atoms with van der Waals surface area (Å²) in [5, 5.41) is 0. The number of ketones is 1. The van der Waals surface area contributed by atoms with Crippen molar-refractivity contribution in [2.24, 2.45) is 5.92 Å². The SMILES string of the molecule is Cc1ccc(F)c(C(=O)CCC(C)C)c1F. The topological polar surface area (TPSA) is 17.1 Å². The first kappa shape index (κ1) is 12.8. The number of carbonyl (C=O) groups is 1. The molecule has 1 nitrogen and oxygen atoms in total. The highest BCUT2D eigenvalue weighted by Gasteiger charge is 2.18. The first-order chi connectivity index (χ1) is 7.43. The second kappa shape index (κ2) is 5.19. The van der Waals surface area contributed by atoms with Gasteiger partial charge in [-0.3, -0.25) is 4.79 Å². The standard InChI is InChI=1S/C13H16F2O/c1-8(2)4-7-11(16)12-10(14)6-5-9(3)13(12)15/h5-6,8H,4,7H2,1-3H3. The van der Waals surface area contributed by atoms with Gasteiger partial charge in [-0.05, 0) is 30.9 Å². The van der Waals surface area contributed by atoms with Gasteiger partial charge in [-0.25, -0.2) is 8.78 Å². The molecule has 0 atom stereocenters. The summed E-state index contributed by atoms with van der Waals surface area (Å²) in [4.78, 5) is 11.7. The van der Waals surface area contributed by atoms with E-state index in [1.807, 2.05) is 13.8 Å². The molecule has 0 aliphatic heterocycles. The Kier molecular flexibility index (Phi) is 4.16. The fraction of sp³-hybridized carbons (Fsp3) is 0.462. The van der Waals surface area contributed by atoms with Crippen LogP contribution in [0.25, 0.3) is 0 Å². The number of hydrogen-bond acceptors (Lipinski definition) is 1. The van der Waals surface area contributed by atoms with Crippen LogP contribution in [-0.4, -0.2) is 5.78 Å². The van der Waals surface area contributed by atoms with Crippen LogP contribution in [0.1, 0.15) is 42.6 Å². The predicted octanol–water partition coefficient (Wildman–Crippen LogP) is 3.89. The second-order valence-electron chi connectivity index (χ2n) is 4.41. The van der Waals surface area contributed by atoms with E-state index in [1.54, 1.807) is 0 Å². The maximum Gasteiger partial charge on any atom is 0.168 e. The van der Waals surface area contributed by atoms with Crippen molar-refractivity contribution in [2.45, 2.75) is 33.6 Å². The van der Waals surface area contributed by atoms with E-state index in [0.29, 0.717) is 17.9 Å². The van der Waals surface area contributed by atoms with Crippen LogP contribution in [0, 0.1) is 24.5 Å². The number of benzene rings is 1. The van der Waals surface area contributed by atoms with E-state index in [9.17, 15) is 13.6 Å². The van der Waals surface area contributed by atoms with E-state index in [1.165, 1.54) is 13.0 Å². The van der Waals surface area contributed by atoms with Crippen molar-refractivity contribution in [2.75, 3.05) is 0 Å². The van der Waals surface area contributed by atoms with E-state index in [0.717, 1.165) is 6.07 Å². The molecule has 0 aromatic heterocycles. The molecular weight excluding hydrogens is 210 g/mol. The fourth-order valence-corrected chi connectivity index (χ4v) is 1.46. The lowest BCUT2D eigenvalue weighted by atomic mass is 9.99. The lowest BCUT2D eigenvalue weighted by Crippen LogP contribution is -2.08. The number of rotatable bonds is 4. The highest BCUT2D eigenvalue weighted by atomic mass is 19.1. The van der Waals surface area contributed by atoms with Gasteiger partial charge in [-0.15, -0.1) is 0 Å². The summed E-state index contributed by atoms with van der Waals surface area (Å²) in [6.45, 7) is 5.46. The van der Waals surface area contributed by atoms with Gasteiger partial charge in [0.25, 0.3) is 0 Å². The molecule has 88 valence electrons. The van der Waals surface area contributed by atoms with Crippen LogP contribution in [-0.2, 0) is 0 Å². The summed E-state index contributed by atoms with van der Waals surface area (Å²) in [6, 6.07) is 2.48. The van der Waals surface area contributed by atoms with E-state index in [2.05, 4.69) is 0 Å². The highest BCUT2D eigenvalue weighted by molar-refractivity contribution is 5.96. The van der Waals surface area contributed by atoms with Crippen molar-refractivity contribution in [3.05, 3.63) is 34.9 Å². The van der Waals surface area contributed by atoms with Crippen LogP contribution in [0.4, 0.5) is 8.78 Å². The Balaban J connectivity index is 2.95. The summed E-state index contributed by atoms with van der Waals surface area (Å²) in [7, 11) is 0. The second-order valence-corrected chi connectivity index (χ2v) is 4.41. The molecule has 0 amide bonds. The minimum atomic E-state index is -0.767. The van der Waals surface area contributed by atoms with E-state index in [4.69, 9.17) is 0 Å². The van der Waals surface area contributed by atoms with Crippen LogP contribution in [0.15, 0.2) is 12.1 Å². The summed E-state index contributed by atoms with van der Waals surface area (Å²) in [6.07, 6.45) is 0.834. The molecule has 0 heterocycles. The molecule has 0 spiro atoms. The zero-order valence-electron chi connectivity index (χ0n) is 9.81. The number of hydrogen-bond donors (Lipinski definition) is 0. The minimum absolute atomic E-state index is 0.189. The van der Waals surface area contributed by atoms with Crippen LogP contribution in [0.3, 0.4) is 0 Å². The molecule has 1 aromatic rings. The van der Waals surface area contributed by atoms with Gasteiger partial charge in [0.1, 0.15) is 11.6 Å². The molecule has 1 aromatic carbocycles. The molecule has 0 radical (unpaired) electrons. The van der Waals surface area contributed by atoms with E-state index < -0.39 is 17.4 Å². The molecule has 0 aliphatic carbocycles. The van der Waals surface area contributed by atoms with Crippen molar-refractivity contribution >= 4 is 5.78 Å². The molecule has 0 bridgehead atoms. The summed E-state index contributed by atoms with van der Waals surface area (Å²) in [5.74, 6) is -1.60. The van der Waals surface area contributed by atoms with E-state index >= 15 is 0 Å². The van der Waals surface area contributed by atoms with Crippen molar-refractivity contribution in [3.63, 3.8) is 0 Å². The van der Waals surface area contributed by atoms with Crippen molar-refractivity contribution < 1.29 is 13.6 Å². The summed E-state index contributed by atoms with van der Waals surface area (Å²) >= 11 is 0. The molecule has 16 heavy (non-hydrogen) atoms. The molecule has 0 aliphatic rings. The first-order valence-corrected chi connectivity index (χ1v) is 5.41. The Morgan fingerprint density at radius 2 is 1.94 bits per heavy atom. The zero-order valence-corrected chi connectivity index (χ0v) is 9.81. The Morgan fingerprint density at radius 1 is 1.31 bits per heavy atom. The quantitative estimate of drug-likeness (QED) is 0.712. The third-order valence-electron chi connectivity index (χ3n) is 2.51. The normalized spacial score (nSPS) is 10.9. The number of carbonyl (C=O) groups excluding carboxylic acids is 1. The van der Waals surface area contributed by atoms with Gasteiger partial charge in [0.15, 0.2) is 5.78 Å². The lowest BCUT2D eigenvalue weighted by molar-refractivity contribution is 0.0967. The molecule has 0 unspecified atom stereocenters. The van der Waals surface area contributed by atoms with Crippen LogP contribution >= 0.6 is 0 Å². The Morgan fingerprint density at radius 3 is 2.50 bits per heavy atom. The van der Waals surface area contributed by atoms with Gasteiger partial charge in [0, 0.05) is 6.42 Å². The van der Waals surface area contributed by atoms with Crippen LogP contribution in [0.2, 0.25) is 0 Å². The van der Waals surface area contributed by atoms with Gasteiger partial charge in [0.05, 0.1) is 5.56 Å². The number of aryl methyl sites for hydroxylation is 1. The average Bonchev–Trinajstić information content (AvgIpc) is 2.21. The minimum Gasteiger partial charge on any atom is -0.294 e. The Hall–Kier alpha value is -1.25. The molecule has 3 heteroatoms.